The number of hydrogen-bond acceptors (Lipinski definition) is 4. The van der Waals surface area contributed by atoms with Crippen molar-refractivity contribution in [3.8, 4) is 0 Å². The molecular weight excluding hydrogens is 408 g/mol. The van der Waals surface area contributed by atoms with E-state index in [0.29, 0.717) is 13.1 Å². The molecule has 1 fully saturated rings. The van der Waals surface area contributed by atoms with Crippen LogP contribution in [0.1, 0.15) is 23.6 Å². The van der Waals surface area contributed by atoms with Crippen LogP contribution in [0.4, 0.5) is 5.69 Å². The first-order valence-electron chi connectivity index (χ1n) is 8.91. The molecule has 0 aromatic heterocycles. The molecule has 0 spiro atoms. The smallest absolute Gasteiger partial charge is 0.226 e. The van der Waals surface area contributed by atoms with Crippen LogP contribution in [-0.4, -0.2) is 24.9 Å². The fraction of sp³-hybridized carbons (Fsp3) is 0.300. The maximum absolute atomic E-state index is 12.5. The monoisotopic (exact) mass is 430 g/mol. The Bertz CT molecular complexity index is 813. The Kier molecular flexibility index (Phi) is 6.60. The van der Waals surface area contributed by atoms with Crippen molar-refractivity contribution in [2.75, 3.05) is 18.4 Å². The van der Waals surface area contributed by atoms with Gasteiger partial charge in [0.15, 0.2) is 0 Å². The van der Waals surface area contributed by atoms with Gasteiger partial charge in [-0.1, -0.05) is 52.3 Å². The Morgan fingerprint density at radius 3 is 2.74 bits per heavy atom. The van der Waals surface area contributed by atoms with E-state index in [-0.39, 0.29) is 30.2 Å². The Balaban J connectivity index is 1.49. The summed E-state index contributed by atoms with van der Waals surface area (Å²) in [5.74, 6) is -0.408. The molecule has 1 saturated heterocycles. The standard InChI is InChI=1S/C20H23BrN4O2/c1-13-7-8-15(21)11-17(13)24-18(26)9-10-22-20(27)16-12-23-25-19(16)14-5-3-2-4-6-14/h2-8,11,16,19,23,25H,9-10,12H2,1H3,(H,22,27)(H,24,26). The molecule has 0 bridgehead atoms. The number of aryl methyl sites for hydroxylation is 1. The largest absolute Gasteiger partial charge is 0.355 e. The molecule has 6 nitrogen and oxygen atoms in total. The third-order valence-electron chi connectivity index (χ3n) is 4.60. The van der Waals surface area contributed by atoms with Crippen molar-refractivity contribution in [1.82, 2.24) is 16.2 Å². The number of carbonyl (C=O) groups excluding carboxylic acids is 2. The van der Waals surface area contributed by atoms with Gasteiger partial charge in [-0.2, -0.15) is 0 Å². The molecule has 0 aliphatic carbocycles. The van der Waals surface area contributed by atoms with Crippen molar-refractivity contribution < 1.29 is 9.59 Å². The van der Waals surface area contributed by atoms with Crippen molar-refractivity contribution in [1.29, 1.82) is 0 Å². The average Bonchev–Trinajstić information content (AvgIpc) is 3.15. The van der Waals surface area contributed by atoms with Crippen LogP contribution in [0.3, 0.4) is 0 Å². The van der Waals surface area contributed by atoms with E-state index in [1.165, 1.54) is 0 Å². The van der Waals surface area contributed by atoms with E-state index in [2.05, 4.69) is 37.4 Å². The van der Waals surface area contributed by atoms with Crippen LogP contribution in [0.25, 0.3) is 0 Å². The Morgan fingerprint density at radius 2 is 1.96 bits per heavy atom. The van der Waals surface area contributed by atoms with E-state index in [1.54, 1.807) is 0 Å². The molecule has 7 heteroatoms. The predicted octanol–water partition coefficient (Wildman–Crippen LogP) is 2.67. The summed E-state index contributed by atoms with van der Waals surface area (Å²) < 4.78 is 0.907. The SMILES string of the molecule is Cc1ccc(Br)cc1NC(=O)CCNC(=O)C1CNNC1c1ccccc1. The van der Waals surface area contributed by atoms with Gasteiger partial charge in [-0.15, -0.1) is 0 Å². The molecule has 4 N–H and O–H groups in total. The number of hydrogen-bond donors (Lipinski definition) is 4. The average molecular weight is 431 g/mol. The fourth-order valence-electron chi connectivity index (χ4n) is 3.09. The molecule has 27 heavy (non-hydrogen) atoms. The van der Waals surface area contributed by atoms with Gasteiger partial charge in [-0.05, 0) is 30.2 Å². The third kappa shape index (κ3) is 5.15. The molecule has 2 atom stereocenters. The van der Waals surface area contributed by atoms with Crippen molar-refractivity contribution in [2.24, 2.45) is 5.92 Å². The number of nitrogens with one attached hydrogen (secondary N) is 4. The van der Waals surface area contributed by atoms with Crippen LogP contribution in [0.5, 0.6) is 0 Å². The molecule has 0 radical (unpaired) electrons. The second-order valence-corrected chi connectivity index (χ2v) is 7.48. The third-order valence-corrected chi connectivity index (χ3v) is 5.10. The first-order valence-corrected chi connectivity index (χ1v) is 9.71. The fourth-order valence-corrected chi connectivity index (χ4v) is 3.45. The second kappa shape index (κ2) is 9.12. The lowest BCUT2D eigenvalue weighted by Gasteiger charge is -2.18. The predicted molar refractivity (Wildman–Crippen MR) is 109 cm³/mol. The molecule has 1 heterocycles. The normalized spacial score (nSPS) is 18.9. The van der Waals surface area contributed by atoms with Crippen LogP contribution >= 0.6 is 15.9 Å². The zero-order valence-electron chi connectivity index (χ0n) is 15.1. The maximum Gasteiger partial charge on any atom is 0.226 e. The maximum atomic E-state index is 12.5. The van der Waals surface area contributed by atoms with Gasteiger partial charge in [0.2, 0.25) is 11.8 Å². The van der Waals surface area contributed by atoms with E-state index in [1.807, 2.05) is 55.5 Å². The topological polar surface area (TPSA) is 82.3 Å². The zero-order chi connectivity index (χ0) is 19.2. The van der Waals surface area contributed by atoms with E-state index in [9.17, 15) is 9.59 Å². The summed E-state index contributed by atoms with van der Waals surface area (Å²) in [5.41, 5.74) is 9.03. The van der Waals surface area contributed by atoms with E-state index in [4.69, 9.17) is 0 Å². The molecular formula is C20H23BrN4O2. The van der Waals surface area contributed by atoms with E-state index < -0.39 is 0 Å². The molecule has 0 saturated carbocycles. The number of anilines is 1. The highest BCUT2D eigenvalue weighted by atomic mass is 79.9. The molecule has 142 valence electrons. The van der Waals surface area contributed by atoms with E-state index >= 15 is 0 Å². The highest BCUT2D eigenvalue weighted by molar-refractivity contribution is 9.10. The van der Waals surface area contributed by atoms with Crippen molar-refractivity contribution in [2.45, 2.75) is 19.4 Å². The summed E-state index contributed by atoms with van der Waals surface area (Å²) in [7, 11) is 0. The van der Waals surface area contributed by atoms with Crippen LogP contribution in [0.2, 0.25) is 0 Å². The number of amides is 2. The lowest BCUT2D eigenvalue weighted by Crippen LogP contribution is -2.36. The highest BCUT2D eigenvalue weighted by Gasteiger charge is 2.33. The summed E-state index contributed by atoms with van der Waals surface area (Å²) in [6.45, 7) is 2.79. The minimum Gasteiger partial charge on any atom is -0.355 e. The van der Waals surface area contributed by atoms with Crippen LogP contribution in [-0.2, 0) is 9.59 Å². The minimum atomic E-state index is -0.220. The molecule has 3 rings (SSSR count). The van der Waals surface area contributed by atoms with Gasteiger partial charge in [-0.25, -0.2) is 5.43 Å². The summed E-state index contributed by atoms with van der Waals surface area (Å²) in [4.78, 5) is 24.7. The van der Waals surface area contributed by atoms with E-state index in [0.717, 1.165) is 21.3 Å². The van der Waals surface area contributed by atoms with Gasteiger partial charge < -0.3 is 10.6 Å². The zero-order valence-corrected chi connectivity index (χ0v) is 16.7. The Hall–Kier alpha value is -2.22. The lowest BCUT2D eigenvalue weighted by molar-refractivity contribution is -0.125. The number of hydrazine groups is 1. The first kappa shape index (κ1) is 19.5. The van der Waals surface area contributed by atoms with Gasteiger partial charge in [0.1, 0.15) is 0 Å². The van der Waals surface area contributed by atoms with Crippen molar-refractivity contribution in [3.05, 3.63) is 64.1 Å². The van der Waals surface area contributed by atoms with Gasteiger partial charge in [0.05, 0.1) is 12.0 Å². The number of rotatable bonds is 6. The molecule has 2 aromatic rings. The number of halogens is 1. The van der Waals surface area contributed by atoms with Gasteiger partial charge in [0.25, 0.3) is 0 Å². The molecule has 2 amide bonds. The summed E-state index contributed by atoms with van der Waals surface area (Å²) in [6.07, 6.45) is 0.223. The Morgan fingerprint density at radius 1 is 1.19 bits per heavy atom. The molecule has 1 aliphatic rings. The Labute approximate surface area is 167 Å². The summed E-state index contributed by atoms with van der Waals surface area (Å²) in [5, 5.41) is 5.76. The van der Waals surface area contributed by atoms with Gasteiger partial charge in [0, 0.05) is 29.7 Å². The summed E-state index contributed by atoms with van der Waals surface area (Å²) in [6, 6.07) is 15.5. The van der Waals surface area contributed by atoms with Crippen LogP contribution in [0.15, 0.2) is 53.0 Å². The van der Waals surface area contributed by atoms with Crippen molar-refractivity contribution >= 4 is 33.4 Å². The van der Waals surface area contributed by atoms with Crippen LogP contribution in [0, 0.1) is 12.8 Å². The number of carbonyl (C=O) groups is 2. The minimum absolute atomic E-state index is 0.0622. The molecule has 2 aromatic carbocycles. The van der Waals surface area contributed by atoms with Crippen LogP contribution < -0.4 is 21.5 Å². The number of benzene rings is 2. The lowest BCUT2D eigenvalue weighted by atomic mass is 9.94. The van der Waals surface area contributed by atoms with Crippen molar-refractivity contribution in [3.63, 3.8) is 0 Å². The molecule has 2 unspecified atom stereocenters. The second-order valence-electron chi connectivity index (χ2n) is 6.57. The highest BCUT2D eigenvalue weighted by Crippen LogP contribution is 2.24. The molecule has 1 aliphatic heterocycles. The van der Waals surface area contributed by atoms with Gasteiger partial charge in [-0.3, -0.25) is 15.0 Å². The summed E-state index contributed by atoms with van der Waals surface area (Å²) >= 11 is 3.40. The quantitative estimate of drug-likeness (QED) is 0.567. The van der Waals surface area contributed by atoms with Gasteiger partial charge >= 0.3 is 0 Å². The first-order chi connectivity index (χ1) is 13.0.